The van der Waals surface area contributed by atoms with Crippen LogP contribution in [-0.4, -0.2) is 5.11 Å². The minimum atomic E-state index is -0.730. The van der Waals surface area contributed by atoms with Crippen LogP contribution in [-0.2, 0) is 0 Å². The minimum absolute atomic E-state index is 0.00519. The summed E-state index contributed by atoms with van der Waals surface area (Å²) >= 11 is 0. The summed E-state index contributed by atoms with van der Waals surface area (Å²) in [7, 11) is 0. The molecule has 5 rings (SSSR count). The van der Waals surface area contributed by atoms with Gasteiger partial charge in [-0.3, -0.25) is 0 Å². The molecule has 3 aromatic carbocycles. The van der Waals surface area contributed by atoms with E-state index in [1.54, 1.807) is 37.3 Å². The summed E-state index contributed by atoms with van der Waals surface area (Å²) in [6.07, 6.45) is 0. The molecule has 1 N–H and O–H groups in total. The van der Waals surface area contributed by atoms with Gasteiger partial charge in [-0.15, -0.1) is 10.2 Å². The van der Waals surface area contributed by atoms with E-state index in [1.165, 1.54) is 6.07 Å². The number of hydrogen-bond acceptors (Lipinski definition) is 7. The summed E-state index contributed by atoms with van der Waals surface area (Å²) in [4.78, 5) is 25.0. The van der Waals surface area contributed by atoms with Crippen molar-refractivity contribution in [2.24, 2.45) is 10.2 Å². The van der Waals surface area contributed by atoms with Gasteiger partial charge in [0.1, 0.15) is 16.9 Å². The Hall–Kier alpha value is -4.52. The van der Waals surface area contributed by atoms with Gasteiger partial charge >= 0.3 is 11.3 Å². The maximum Gasteiger partial charge on any atom is 0.364 e. The molecule has 2 heterocycles. The number of aromatic hydroxyl groups is 1. The third-order valence-corrected chi connectivity index (χ3v) is 5.23. The average molecular weight is 424 g/mol. The smallest absolute Gasteiger partial charge is 0.364 e. The van der Waals surface area contributed by atoms with E-state index in [1.807, 2.05) is 36.4 Å². The van der Waals surface area contributed by atoms with Crippen molar-refractivity contribution in [3.8, 4) is 16.9 Å². The number of rotatable bonds is 3. The fraction of sp³-hybridized carbons (Fsp3) is 0.0400. The van der Waals surface area contributed by atoms with E-state index < -0.39 is 11.3 Å². The normalized spacial score (nSPS) is 11.5. The van der Waals surface area contributed by atoms with Crippen LogP contribution in [0.15, 0.2) is 101 Å². The van der Waals surface area contributed by atoms with E-state index in [0.717, 1.165) is 0 Å². The summed E-state index contributed by atoms with van der Waals surface area (Å²) in [5.74, 6) is -0.00519. The number of nitrogens with zero attached hydrogens (tertiary/aromatic N) is 2. The van der Waals surface area contributed by atoms with Crippen molar-refractivity contribution in [1.82, 2.24) is 0 Å². The Morgan fingerprint density at radius 3 is 2.38 bits per heavy atom. The molecule has 0 aliphatic heterocycles. The van der Waals surface area contributed by atoms with Gasteiger partial charge in [-0.1, -0.05) is 48.5 Å². The van der Waals surface area contributed by atoms with Crippen LogP contribution in [0.2, 0.25) is 0 Å². The largest absolute Gasteiger partial charge is 0.507 e. The number of azo groups is 1. The minimum Gasteiger partial charge on any atom is -0.507 e. The van der Waals surface area contributed by atoms with Crippen LogP contribution in [0.5, 0.6) is 5.75 Å². The van der Waals surface area contributed by atoms with Gasteiger partial charge in [-0.25, -0.2) is 9.59 Å². The van der Waals surface area contributed by atoms with Gasteiger partial charge in [0.2, 0.25) is 0 Å². The molecule has 0 spiro atoms. The Kier molecular flexibility index (Phi) is 4.63. The standard InChI is InChI=1S/C25H16N2O5/c1-14-17-11-12-19(28)21(15-7-3-2-4-8-15)23(17)32-25(30)22(14)27-26-18-13-16-9-5-6-10-20(16)31-24(18)29/h2-13,28H,1H3. The molecule has 5 aromatic rings. The molecule has 0 bridgehead atoms. The molecule has 7 nitrogen and oxygen atoms in total. The highest BCUT2D eigenvalue weighted by Gasteiger charge is 2.18. The second-order valence-electron chi connectivity index (χ2n) is 7.22. The van der Waals surface area contributed by atoms with Crippen molar-refractivity contribution >= 4 is 33.3 Å². The van der Waals surface area contributed by atoms with Gasteiger partial charge in [-0.05, 0) is 42.3 Å². The highest BCUT2D eigenvalue weighted by molar-refractivity contribution is 5.98. The topological polar surface area (TPSA) is 105 Å². The summed E-state index contributed by atoms with van der Waals surface area (Å²) in [6.45, 7) is 1.71. The Bertz CT molecular complexity index is 1630. The van der Waals surface area contributed by atoms with Gasteiger partial charge in [0.05, 0.1) is 5.56 Å². The molecule has 0 fully saturated rings. The molecule has 0 atom stereocenters. The van der Waals surface area contributed by atoms with Crippen molar-refractivity contribution < 1.29 is 13.9 Å². The van der Waals surface area contributed by atoms with Crippen LogP contribution in [0.25, 0.3) is 33.1 Å². The van der Waals surface area contributed by atoms with E-state index in [2.05, 4.69) is 10.2 Å². The first-order valence-corrected chi connectivity index (χ1v) is 9.82. The maximum absolute atomic E-state index is 12.8. The number of aryl methyl sites for hydroxylation is 1. The van der Waals surface area contributed by atoms with Gasteiger partial charge in [0, 0.05) is 10.8 Å². The predicted molar refractivity (Wildman–Crippen MR) is 121 cm³/mol. The lowest BCUT2D eigenvalue weighted by molar-refractivity contribution is 0.475. The Labute approximate surface area is 180 Å². The van der Waals surface area contributed by atoms with E-state index in [4.69, 9.17) is 8.83 Å². The van der Waals surface area contributed by atoms with Crippen molar-refractivity contribution in [1.29, 1.82) is 0 Å². The average Bonchev–Trinajstić information content (AvgIpc) is 2.79. The zero-order valence-electron chi connectivity index (χ0n) is 16.9. The van der Waals surface area contributed by atoms with Crippen LogP contribution >= 0.6 is 0 Å². The van der Waals surface area contributed by atoms with Crippen LogP contribution in [0.4, 0.5) is 11.4 Å². The molecule has 2 aromatic heterocycles. The second kappa shape index (κ2) is 7.63. The summed E-state index contributed by atoms with van der Waals surface area (Å²) in [5.41, 5.74) is 0.880. The Balaban J connectivity index is 1.67. The highest BCUT2D eigenvalue weighted by Crippen LogP contribution is 2.38. The van der Waals surface area contributed by atoms with Gasteiger partial charge in [0.25, 0.3) is 0 Å². The zero-order valence-corrected chi connectivity index (χ0v) is 16.9. The number of benzene rings is 3. The lowest BCUT2D eigenvalue weighted by Crippen LogP contribution is -2.02. The molecule has 0 aliphatic rings. The summed E-state index contributed by atoms with van der Waals surface area (Å²) < 4.78 is 10.8. The number of phenols is 1. The first-order valence-electron chi connectivity index (χ1n) is 9.82. The lowest BCUT2D eigenvalue weighted by atomic mass is 9.99. The fourth-order valence-electron chi connectivity index (χ4n) is 3.62. The van der Waals surface area contributed by atoms with Crippen molar-refractivity contribution in [2.45, 2.75) is 6.92 Å². The molecule has 0 aliphatic carbocycles. The zero-order chi connectivity index (χ0) is 22.2. The maximum atomic E-state index is 12.8. The third-order valence-electron chi connectivity index (χ3n) is 5.23. The number of hydrogen-bond donors (Lipinski definition) is 1. The summed E-state index contributed by atoms with van der Waals surface area (Å²) in [6, 6.07) is 20.9. The van der Waals surface area contributed by atoms with Crippen LogP contribution in [0, 0.1) is 6.92 Å². The number of phenolic OH excluding ortho intramolecular Hbond substituents is 1. The van der Waals surface area contributed by atoms with Crippen LogP contribution < -0.4 is 11.3 Å². The first-order chi connectivity index (χ1) is 15.5. The molecular formula is C25H16N2O5. The number of para-hydroxylation sites is 1. The third kappa shape index (κ3) is 3.26. The SMILES string of the molecule is Cc1c(N=Nc2cc3ccccc3oc2=O)c(=O)oc2c(-c3ccccc3)c(O)ccc12. The predicted octanol–water partition coefficient (Wildman–Crippen LogP) is 6.00. The molecule has 0 unspecified atom stereocenters. The highest BCUT2D eigenvalue weighted by atomic mass is 16.4. The van der Waals surface area contributed by atoms with E-state index >= 15 is 0 Å². The molecule has 0 saturated carbocycles. The molecular weight excluding hydrogens is 408 g/mol. The van der Waals surface area contributed by atoms with Crippen molar-refractivity contribution in [2.75, 3.05) is 0 Å². The Morgan fingerprint density at radius 2 is 1.56 bits per heavy atom. The van der Waals surface area contributed by atoms with Crippen LogP contribution in [0.3, 0.4) is 0 Å². The molecule has 0 radical (unpaired) electrons. The molecule has 32 heavy (non-hydrogen) atoms. The van der Waals surface area contributed by atoms with E-state index in [9.17, 15) is 14.7 Å². The van der Waals surface area contributed by atoms with E-state index in [0.29, 0.717) is 33.0 Å². The monoisotopic (exact) mass is 424 g/mol. The molecule has 0 saturated heterocycles. The fourth-order valence-corrected chi connectivity index (χ4v) is 3.62. The van der Waals surface area contributed by atoms with Crippen LogP contribution in [0.1, 0.15) is 5.56 Å². The lowest BCUT2D eigenvalue weighted by Gasteiger charge is -2.10. The molecule has 156 valence electrons. The molecule has 7 heteroatoms. The molecule has 0 amide bonds. The van der Waals surface area contributed by atoms with E-state index in [-0.39, 0.29) is 22.7 Å². The van der Waals surface area contributed by atoms with Gasteiger partial charge in [-0.2, -0.15) is 0 Å². The van der Waals surface area contributed by atoms with Gasteiger partial charge < -0.3 is 13.9 Å². The van der Waals surface area contributed by atoms with Gasteiger partial charge in [0.15, 0.2) is 11.4 Å². The Morgan fingerprint density at radius 1 is 0.812 bits per heavy atom. The first kappa shape index (κ1) is 19.4. The van der Waals surface area contributed by atoms with Crippen molar-refractivity contribution in [3.63, 3.8) is 0 Å². The number of fused-ring (bicyclic) bond motifs is 2. The quantitative estimate of drug-likeness (QED) is 0.283. The van der Waals surface area contributed by atoms with Crippen molar-refractivity contribution in [3.05, 3.63) is 99.2 Å². The second-order valence-corrected chi connectivity index (χ2v) is 7.22. The summed E-state index contributed by atoms with van der Waals surface area (Å²) in [5, 5.41) is 19.7.